The quantitative estimate of drug-likeness (QED) is 0.506. The molecule has 0 aliphatic carbocycles. The van der Waals surface area contributed by atoms with E-state index in [1.807, 2.05) is 0 Å². The third-order valence-electron chi connectivity index (χ3n) is 2.87. The summed E-state index contributed by atoms with van der Waals surface area (Å²) in [6.07, 6.45) is 1.39. The Morgan fingerprint density at radius 1 is 1.04 bits per heavy atom. The van der Waals surface area contributed by atoms with Crippen LogP contribution in [0, 0.1) is 6.92 Å². The normalized spacial score (nSPS) is 10.6. The number of rotatable bonds is 3. The molecule has 0 radical (unpaired) electrons. The first-order valence-corrected chi connectivity index (χ1v) is 7.37. The van der Waals surface area contributed by atoms with Crippen molar-refractivity contribution >= 4 is 46.9 Å². The van der Waals surface area contributed by atoms with Crippen molar-refractivity contribution in [3.63, 3.8) is 0 Å². The van der Waals surface area contributed by atoms with Gasteiger partial charge in [-0.25, -0.2) is 5.43 Å². The maximum absolute atomic E-state index is 11.8. The minimum Gasteiger partial charge on any atom is -0.317 e. The molecule has 23 heavy (non-hydrogen) atoms. The summed E-state index contributed by atoms with van der Waals surface area (Å²) in [4.78, 5) is 23.5. The molecule has 118 valence electrons. The highest BCUT2D eigenvalue weighted by Gasteiger charge is 2.13. The SMILES string of the molecule is Cc1cc(Cl)ccc1NC(=O)C(=O)NN=Cc1cccc(Cl)c1. The second-order valence-corrected chi connectivity index (χ2v) is 5.54. The molecule has 0 atom stereocenters. The van der Waals surface area contributed by atoms with E-state index in [1.165, 1.54) is 6.21 Å². The van der Waals surface area contributed by atoms with E-state index in [0.29, 0.717) is 21.3 Å². The van der Waals surface area contributed by atoms with E-state index < -0.39 is 11.8 Å². The van der Waals surface area contributed by atoms with E-state index in [1.54, 1.807) is 49.4 Å². The van der Waals surface area contributed by atoms with Gasteiger partial charge >= 0.3 is 11.8 Å². The molecule has 0 aliphatic heterocycles. The van der Waals surface area contributed by atoms with Gasteiger partial charge < -0.3 is 5.32 Å². The number of carbonyl (C=O) groups excluding carboxylic acids is 2. The van der Waals surface area contributed by atoms with E-state index in [-0.39, 0.29) is 0 Å². The molecule has 0 unspecified atom stereocenters. The number of anilines is 1. The Labute approximate surface area is 143 Å². The van der Waals surface area contributed by atoms with Crippen LogP contribution in [0.5, 0.6) is 0 Å². The molecule has 0 fully saturated rings. The fraction of sp³-hybridized carbons (Fsp3) is 0.0625. The molecule has 0 spiro atoms. The highest BCUT2D eigenvalue weighted by Crippen LogP contribution is 2.19. The number of nitrogens with zero attached hydrogens (tertiary/aromatic N) is 1. The molecule has 0 saturated carbocycles. The number of carbonyl (C=O) groups is 2. The van der Waals surface area contributed by atoms with Crippen LogP contribution in [0.1, 0.15) is 11.1 Å². The summed E-state index contributed by atoms with van der Waals surface area (Å²) in [5.74, 6) is -1.70. The van der Waals surface area contributed by atoms with E-state index in [9.17, 15) is 9.59 Å². The lowest BCUT2D eigenvalue weighted by molar-refractivity contribution is -0.136. The standard InChI is InChI=1S/C16H13Cl2N3O2/c1-10-7-13(18)5-6-14(10)20-15(22)16(23)21-19-9-11-3-2-4-12(17)8-11/h2-9H,1H3,(H,20,22)(H,21,23). The van der Waals surface area contributed by atoms with Crippen LogP contribution in [0.25, 0.3) is 0 Å². The molecule has 2 rings (SSSR count). The Morgan fingerprint density at radius 3 is 2.48 bits per heavy atom. The maximum Gasteiger partial charge on any atom is 0.329 e. The fourth-order valence-corrected chi connectivity index (χ4v) is 2.17. The number of hydrogen-bond acceptors (Lipinski definition) is 3. The van der Waals surface area contributed by atoms with Gasteiger partial charge in [-0.15, -0.1) is 0 Å². The van der Waals surface area contributed by atoms with Crippen molar-refractivity contribution in [2.75, 3.05) is 5.32 Å². The average Bonchev–Trinajstić information content (AvgIpc) is 2.50. The van der Waals surface area contributed by atoms with Gasteiger partial charge in [-0.2, -0.15) is 5.10 Å². The highest BCUT2D eigenvalue weighted by molar-refractivity contribution is 6.39. The van der Waals surface area contributed by atoms with Gasteiger partial charge in [0.1, 0.15) is 0 Å². The van der Waals surface area contributed by atoms with Gasteiger partial charge in [0.25, 0.3) is 0 Å². The number of nitrogens with one attached hydrogen (secondary N) is 2. The third kappa shape index (κ3) is 5.09. The molecule has 0 saturated heterocycles. The van der Waals surface area contributed by atoms with Gasteiger partial charge in [-0.05, 0) is 48.4 Å². The number of halogens is 2. The van der Waals surface area contributed by atoms with Crippen LogP contribution in [0.3, 0.4) is 0 Å². The van der Waals surface area contributed by atoms with E-state index >= 15 is 0 Å². The van der Waals surface area contributed by atoms with E-state index in [4.69, 9.17) is 23.2 Å². The Hall–Kier alpha value is -2.37. The van der Waals surface area contributed by atoms with Crippen LogP contribution in [0.2, 0.25) is 10.0 Å². The summed E-state index contributed by atoms with van der Waals surface area (Å²) in [7, 11) is 0. The minimum atomic E-state index is -0.877. The molecule has 2 aromatic carbocycles. The van der Waals surface area contributed by atoms with Gasteiger partial charge in [0.2, 0.25) is 0 Å². The average molecular weight is 350 g/mol. The Bertz CT molecular complexity index is 776. The third-order valence-corrected chi connectivity index (χ3v) is 3.34. The van der Waals surface area contributed by atoms with Gasteiger partial charge in [-0.1, -0.05) is 35.3 Å². The molecular weight excluding hydrogens is 337 g/mol. The molecule has 0 aromatic heterocycles. The first-order chi connectivity index (χ1) is 11.0. The monoisotopic (exact) mass is 349 g/mol. The summed E-state index contributed by atoms with van der Waals surface area (Å²) < 4.78 is 0. The Balaban J connectivity index is 1.93. The first kappa shape index (κ1) is 17.0. The molecule has 0 bridgehead atoms. The van der Waals surface area contributed by atoms with Crippen molar-refractivity contribution in [3.05, 3.63) is 63.6 Å². The van der Waals surface area contributed by atoms with Crippen LogP contribution in [-0.4, -0.2) is 18.0 Å². The minimum absolute atomic E-state index is 0.508. The number of hydrazone groups is 1. The number of benzene rings is 2. The van der Waals surface area contributed by atoms with Crippen LogP contribution in [0.4, 0.5) is 5.69 Å². The zero-order valence-electron chi connectivity index (χ0n) is 12.1. The van der Waals surface area contributed by atoms with Crippen molar-refractivity contribution in [2.45, 2.75) is 6.92 Å². The van der Waals surface area contributed by atoms with Gasteiger partial charge in [0.15, 0.2) is 0 Å². The Morgan fingerprint density at radius 2 is 1.78 bits per heavy atom. The maximum atomic E-state index is 11.8. The zero-order chi connectivity index (χ0) is 16.8. The topological polar surface area (TPSA) is 70.6 Å². The van der Waals surface area contributed by atoms with Crippen molar-refractivity contribution in [1.29, 1.82) is 0 Å². The highest BCUT2D eigenvalue weighted by atomic mass is 35.5. The fourth-order valence-electron chi connectivity index (χ4n) is 1.75. The van der Waals surface area contributed by atoms with Gasteiger partial charge in [0.05, 0.1) is 6.21 Å². The summed E-state index contributed by atoms with van der Waals surface area (Å²) in [6, 6.07) is 11.8. The molecule has 2 aromatic rings. The van der Waals surface area contributed by atoms with Crippen molar-refractivity contribution in [3.8, 4) is 0 Å². The van der Waals surface area contributed by atoms with Crippen molar-refractivity contribution < 1.29 is 9.59 Å². The lowest BCUT2D eigenvalue weighted by Crippen LogP contribution is -2.32. The largest absolute Gasteiger partial charge is 0.329 e. The van der Waals surface area contributed by atoms with Crippen LogP contribution in [0.15, 0.2) is 47.6 Å². The second kappa shape index (κ2) is 7.76. The lowest BCUT2D eigenvalue weighted by atomic mass is 10.2. The van der Waals surface area contributed by atoms with Crippen LogP contribution in [-0.2, 0) is 9.59 Å². The molecule has 5 nitrogen and oxygen atoms in total. The molecule has 7 heteroatoms. The molecule has 0 heterocycles. The van der Waals surface area contributed by atoms with Crippen LogP contribution >= 0.6 is 23.2 Å². The molecular formula is C16H13Cl2N3O2. The molecule has 2 N–H and O–H groups in total. The Kier molecular flexibility index (Phi) is 5.73. The predicted octanol–water partition coefficient (Wildman–Crippen LogP) is 3.39. The van der Waals surface area contributed by atoms with Gasteiger partial charge in [-0.3, -0.25) is 9.59 Å². The van der Waals surface area contributed by atoms with Gasteiger partial charge in [0, 0.05) is 15.7 Å². The summed E-state index contributed by atoms with van der Waals surface area (Å²) in [5.41, 5.74) is 4.11. The molecule has 0 aliphatic rings. The summed E-state index contributed by atoms with van der Waals surface area (Å²) in [6.45, 7) is 1.77. The number of hydrogen-bond donors (Lipinski definition) is 2. The smallest absolute Gasteiger partial charge is 0.317 e. The first-order valence-electron chi connectivity index (χ1n) is 6.62. The second-order valence-electron chi connectivity index (χ2n) is 4.67. The number of amides is 2. The lowest BCUT2D eigenvalue weighted by Gasteiger charge is -2.07. The summed E-state index contributed by atoms with van der Waals surface area (Å²) in [5, 5.41) is 7.31. The summed E-state index contributed by atoms with van der Waals surface area (Å²) >= 11 is 11.7. The van der Waals surface area contributed by atoms with Crippen molar-refractivity contribution in [2.24, 2.45) is 5.10 Å². The number of aryl methyl sites for hydroxylation is 1. The predicted molar refractivity (Wildman–Crippen MR) is 92.0 cm³/mol. The molecule has 2 amide bonds. The van der Waals surface area contributed by atoms with Crippen LogP contribution < -0.4 is 10.7 Å². The zero-order valence-corrected chi connectivity index (χ0v) is 13.7. The van der Waals surface area contributed by atoms with E-state index in [0.717, 1.165) is 5.56 Å². The van der Waals surface area contributed by atoms with Crippen molar-refractivity contribution in [1.82, 2.24) is 5.43 Å². The van der Waals surface area contributed by atoms with E-state index in [2.05, 4.69) is 15.8 Å².